The highest BCUT2D eigenvalue weighted by molar-refractivity contribution is 6.33. The molecule has 0 aliphatic carbocycles. The Morgan fingerprint density at radius 3 is 2.94 bits per heavy atom. The van der Waals surface area contributed by atoms with Crippen LogP contribution >= 0.6 is 11.6 Å². The molecule has 2 aromatic heterocycles. The molecule has 1 amide bonds. The lowest BCUT2D eigenvalue weighted by molar-refractivity contribution is 0.0945. The highest BCUT2D eigenvalue weighted by Crippen LogP contribution is 2.13. The lowest BCUT2D eigenvalue weighted by Crippen LogP contribution is -2.28. The van der Waals surface area contributed by atoms with Crippen molar-refractivity contribution in [2.75, 3.05) is 6.54 Å². The molecule has 1 N–H and O–H groups in total. The molecule has 0 spiro atoms. The van der Waals surface area contributed by atoms with Crippen LogP contribution in [-0.4, -0.2) is 27.2 Å². The molecule has 0 atom stereocenters. The quantitative estimate of drug-likeness (QED) is 0.909. The van der Waals surface area contributed by atoms with Gasteiger partial charge in [-0.2, -0.15) is 5.10 Å². The van der Waals surface area contributed by atoms with Crippen LogP contribution in [0.5, 0.6) is 0 Å². The highest BCUT2D eigenvalue weighted by Gasteiger charge is 2.14. The molecule has 2 heterocycles. The zero-order valence-electron chi connectivity index (χ0n) is 9.93. The monoisotopic (exact) mass is 264 g/mol. The van der Waals surface area contributed by atoms with Gasteiger partial charge in [-0.1, -0.05) is 17.7 Å². The van der Waals surface area contributed by atoms with E-state index in [0.717, 1.165) is 5.69 Å². The van der Waals surface area contributed by atoms with Gasteiger partial charge in [-0.15, -0.1) is 0 Å². The van der Waals surface area contributed by atoms with Crippen LogP contribution in [0.1, 0.15) is 16.2 Å². The number of aryl methyl sites for hydroxylation is 1. The first-order valence-corrected chi connectivity index (χ1v) is 5.92. The minimum atomic E-state index is -0.226. The number of pyridine rings is 1. The molecular weight excluding hydrogens is 252 g/mol. The summed E-state index contributed by atoms with van der Waals surface area (Å²) in [5, 5.41) is 7.06. The fraction of sp³-hybridized carbons (Fsp3) is 0.250. The number of carbonyl (C=O) groups excluding carboxylic acids is 1. The lowest BCUT2D eigenvalue weighted by Gasteiger charge is -2.05. The van der Waals surface area contributed by atoms with Gasteiger partial charge in [0.25, 0.3) is 5.91 Å². The minimum Gasteiger partial charge on any atom is -0.350 e. The van der Waals surface area contributed by atoms with Crippen molar-refractivity contribution in [1.29, 1.82) is 0 Å². The molecule has 0 unspecified atom stereocenters. The normalized spacial score (nSPS) is 10.3. The zero-order chi connectivity index (χ0) is 13.0. The summed E-state index contributed by atoms with van der Waals surface area (Å²) < 4.78 is 1.46. The van der Waals surface area contributed by atoms with Gasteiger partial charge in [0.1, 0.15) is 5.69 Å². The molecule has 0 bridgehead atoms. The van der Waals surface area contributed by atoms with E-state index in [1.54, 1.807) is 13.2 Å². The summed E-state index contributed by atoms with van der Waals surface area (Å²) in [7, 11) is 1.68. The van der Waals surface area contributed by atoms with Crippen LogP contribution in [-0.2, 0) is 13.5 Å². The van der Waals surface area contributed by atoms with Gasteiger partial charge in [0.2, 0.25) is 0 Å². The average Bonchev–Trinajstić information content (AvgIpc) is 2.70. The number of amides is 1. The standard InChI is InChI=1S/C12H13ClN4O/c1-17-11(10(13)8-16-17)12(18)15-7-5-9-4-2-3-6-14-9/h2-4,6,8H,5,7H2,1H3,(H,15,18). The number of nitrogens with one attached hydrogen (secondary N) is 1. The largest absolute Gasteiger partial charge is 0.350 e. The Kier molecular flexibility index (Phi) is 3.94. The summed E-state index contributed by atoms with van der Waals surface area (Å²) in [6.07, 6.45) is 3.87. The third-order valence-corrected chi connectivity index (χ3v) is 2.78. The first-order chi connectivity index (χ1) is 8.68. The molecule has 2 aromatic rings. The number of halogens is 1. The van der Waals surface area contributed by atoms with E-state index >= 15 is 0 Å². The van der Waals surface area contributed by atoms with Gasteiger partial charge in [-0.3, -0.25) is 14.5 Å². The van der Waals surface area contributed by atoms with Crippen LogP contribution in [0.2, 0.25) is 5.02 Å². The van der Waals surface area contributed by atoms with E-state index in [-0.39, 0.29) is 5.91 Å². The van der Waals surface area contributed by atoms with Crippen molar-refractivity contribution in [2.24, 2.45) is 7.05 Å². The second-order valence-electron chi connectivity index (χ2n) is 3.79. The zero-order valence-corrected chi connectivity index (χ0v) is 10.7. The Labute approximate surface area is 110 Å². The van der Waals surface area contributed by atoms with Crippen molar-refractivity contribution in [3.8, 4) is 0 Å². The van der Waals surface area contributed by atoms with Crippen LogP contribution < -0.4 is 5.32 Å². The molecular formula is C12H13ClN4O. The molecule has 18 heavy (non-hydrogen) atoms. The van der Waals surface area contributed by atoms with Crippen molar-refractivity contribution in [3.05, 3.63) is 47.0 Å². The molecule has 0 radical (unpaired) electrons. The van der Waals surface area contributed by atoms with Gasteiger partial charge < -0.3 is 5.32 Å². The van der Waals surface area contributed by atoms with E-state index in [0.29, 0.717) is 23.7 Å². The van der Waals surface area contributed by atoms with Crippen molar-refractivity contribution in [3.63, 3.8) is 0 Å². The number of rotatable bonds is 4. The molecule has 6 heteroatoms. The predicted molar refractivity (Wildman–Crippen MR) is 68.5 cm³/mol. The average molecular weight is 265 g/mol. The molecule has 0 aromatic carbocycles. The summed E-state index contributed by atoms with van der Waals surface area (Å²) >= 11 is 5.88. The number of hydrogen-bond donors (Lipinski definition) is 1. The second kappa shape index (κ2) is 5.64. The second-order valence-corrected chi connectivity index (χ2v) is 4.20. The van der Waals surface area contributed by atoms with Crippen molar-refractivity contribution < 1.29 is 4.79 Å². The van der Waals surface area contributed by atoms with Crippen molar-refractivity contribution in [2.45, 2.75) is 6.42 Å². The molecule has 0 saturated carbocycles. The highest BCUT2D eigenvalue weighted by atomic mass is 35.5. The molecule has 0 aliphatic heterocycles. The number of nitrogens with zero attached hydrogens (tertiary/aromatic N) is 3. The van der Waals surface area contributed by atoms with Crippen LogP contribution in [0.15, 0.2) is 30.6 Å². The Morgan fingerprint density at radius 1 is 1.50 bits per heavy atom. The van der Waals surface area contributed by atoms with Crippen LogP contribution in [0, 0.1) is 0 Å². The van der Waals surface area contributed by atoms with Crippen LogP contribution in [0.3, 0.4) is 0 Å². The summed E-state index contributed by atoms with van der Waals surface area (Å²) in [5.74, 6) is -0.226. The Balaban J connectivity index is 1.90. The Morgan fingerprint density at radius 2 is 2.33 bits per heavy atom. The van der Waals surface area contributed by atoms with Crippen LogP contribution in [0.25, 0.3) is 0 Å². The SMILES string of the molecule is Cn1ncc(Cl)c1C(=O)NCCc1ccccn1. The van der Waals surface area contributed by atoms with Gasteiger partial charge in [0, 0.05) is 31.9 Å². The molecule has 2 rings (SSSR count). The maximum absolute atomic E-state index is 11.9. The van der Waals surface area contributed by atoms with Gasteiger partial charge in [-0.25, -0.2) is 0 Å². The maximum Gasteiger partial charge on any atom is 0.271 e. The topological polar surface area (TPSA) is 59.8 Å². The Bertz CT molecular complexity index is 519. The fourth-order valence-electron chi connectivity index (χ4n) is 1.60. The van der Waals surface area contributed by atoms with E-state index in [9.17, 15) is 4.79 Å². The summed E-state index contributed by atoms with van der Waals surface area (Å²) in [6.45, 7) is 0.511. The predicted octanol–water partition coefficient (Wildman–Crippen LogP) is 1.44. The first kappa shape index (κ1) is 12.6. The number of aromatic nitrogens is 3. The molecule has 0 fully saturated rings. The van der Waals surface area contributed by atoms with E-state index in [1.165, 1.54) is 10.9 Å². The number of hydrogen-bond acceptors (Lipinski definition) is 3. The summed E-state index contributed by atoms with van der Waals surface area (Å²) in [6, 6.07) is 5.70. The third kappa shape index (κ3) is 2.87. The van der Waals surface area contributed by atoms with E-state index in [1.807, 2.05) is 18.2 Å². The van der Waals surface area contributed by atoms with Crippen molar-refractivity contribution >= 4 is 17.5 Å². The van der Waals surface area contributed by atoms with E-state index in [2.05, 4.69) is 15.4 Å². The van der Waals surface area contributed by atoms with Gasteiger partial charge in [0.15, 0.2) is 0 Å². The molecule has 0 saturated heterocycles. The van der Waals surface area contributed by atoms with Crippen molar-refractivity contribution in [1.82, 2.24) is 20.1 Å². The smallest absolute Gasteiger partial charge is 0.271 e. The lowest BCUT2D eigenvalue weighted by atomic mass is 10.2. The fourth-order valence-corrected chi connectivity index (χ4v) is 1.85. The minimum absolute atomic E-state index is 0.226. The number of carbonyl (C=O) groups is 1. The van der Waals surface area contributed by atoms with Gasteiger partial charge in [0.05, 0.1) is 11.2 Å². The summed E-state index contributed by atoms with van der Waals surface area (Å²) in [5.41, 5.74) is 1.31. The van der Waals surface area contributed by atoms with Gasteiger partial charge in [-0.05, 0) is 12.1 Å². The van der Waals surface area contributed by atoms with Crippen LogP contribution in [0.4, 0.5) is 0 Å². The summed E-state index contributed by atoms with van der Waals surface area (Å²) in [4.78, 5) is 16.0. The van der Waals surface area contributed by atoms with Gasteiger partial charge >= 0.3 is 0 Å². The Hall–Kier alpha value is -1.88. The maximum atomic E-state index is 11.9. The molecule has 94 valence electrons. The third-order valence-electron chi connectivity index (χ3n) is 2.50. The van der Waals surface area contributed by atoms with E-state index < -0.39 is 0 Å². The molecule has 0 aliphatic rings. The van der Waals surface area contributed by atoms with E-state index in [4.69, 9.17) is 11.6 Å². The first-order valence-electron chi connectivity index (χ1n) is 5.54. The molecule has 5 nitrogen and oxygen atoms in total.